The molecule has 6 heteroatoms. The predicted octanol–water partition coefficient (Wildman–Crippen LogP) is 1.53. The van der Waals surface area contributed by atoms with Crippen molar-refractivity contribution in [3.05, 3.63) is 23.3 Å². The van der Waals surface area contributed by atoms with E-state index in [9.17, 15) is 9.59 Å². The van der Waals surface area contributed by atoms with Gasteiger partial charge in [0.1, 0.15) is 5.82 Å². The van der Waals surface area contributed by atoms with Crippen LogP contribution in [0.25, 0.3) is 0 Å². The van der Waals surface area contributed by atoms with Crippen molar-refractivity contribution in [1.82, 2.24) is 20.2 Å². The van der Waals surface area contributed by atoms with Crippen molar-refractivity contribution in [2.75, 3.05) is 6.54 Å². The molecule has 0 saturated carbocycles. The summed E-state index contributed by atoms with van der Waals surface area (Å²) in [6.07, 6.45) is 2.94. The predicted molar refractivity (Wildman–Crippen MR) is 82.9 cm³/mol. The molecule has 0 saturated heterocycles. The maximum Gasteiger partial charge on any atom is 0.223 e. The third kappa shape index (κ3) is 4.02. The van der Waals surface area contributed by atoms with E-state index < -0.39 is 0 Å². The van der Waals surface area contributed by atoms with Crippen LogP contribution in [0.1, 0.15) is 57.6 Å². The molecular formula is C16H24N4O2. The molecule has 2 rings (SSSR count). The molecule has 2 amide bonds. The summed E-state index contributed by atoms with van der Waals surface area (Å²) in [5.74, 6) is 0.845. The first-order chi connectivity index (χ1) is 10.3. The Balaban J connectivity index is 1.91. The van der Waals surface area contributed by atoms with E-state index in [1.54, 1.807) is 4.90 Å². The molecule has 120 valence electrons. The van der Waals surface area contributed by atoms with Crippen molar-refractivity contribution in [2.45, 2.75) is 59.0 Å². The standard InChI is InChI=1S/C16H24N4O2/c1-11(21)17-7-5-6-14(22)20-9-12-8-18-15(16(2,3)4)19-13(12)10-20/h8H,5-7,9-10H2,1-4H3,(H,17,21). The van der Waals surface area contributed by atoms with E-state index in [2.05, 4.69) is 36.1 Å². The number of nitrogens with zero attached hydrogens (tertiary/aromatic N) is 3. The summed E-state index contributed by atoms with van der Waals surface area (Å²) < 4.78 is 0. The van der Waals surface area contributed by atoms with Gasteiger partial charge in [0.2, 0.25) is 11.8 Å². The number of carbonyl (C=O) groups is 2. The molecule has 1 N–H and O–H groups in total. The van der Waals surface area contributed by atoms with E-state index in [0.717, 1.165) is 17.1 Å². The number of carbonyl (C=O) groups excluding carboxylic acids is 2. The Hall–Kier alpha value is -1.98. The maximum absolute atomic E-state index is 12.2. The largest absolute Gasteiger partial charge is 0.356 e. The summed E-state index contributed by atoms with van der Waals surface area (Å²) >= 11 is 0. The number of amides is 2. The minimum absolute atomic E-state index is 0.0639. The van der Waals surface area contributed by atoms with Gasteiger partial charge in [-0.3, -0.25) is 9.59 Å². The van der Waals surface area contributed by atoms with Gasteiger partial charge < -0.3 is 10.2 Å². The topological polar surface area (TPSA) is 75.2 Å². The molecular weight excluding hydrogens is 280 g/mol. The van der Waals surface area contributed by atoms with Crippen LogP contribution in [-0.4, -0.2) is 33.2 Å². The number of aromatic nitrogens is 2. The summed E-state index contributed by atoms with van der Waals surface area (Å²) in [4.78, 5) is 33.8. The summed E-state index contributed by atoms with van der Waals surface area (Å²) in [5.41, 5.74) is 1.89. The Kier molecular flexibility index (Phi) is 4.78. The van der Waals surface area contributed by atoms with Crippen LogP contribution in [0.15, 0.2) is 6.20 Å². The number of fused-ring (bicyclic) bond motifs is 1. The van der Waals surface area contributed by atoms with Gasteiger partial charge in [0.15, 0.2) is 0 Å². The first-order valence-electron chi connectivity index (χ1n) is 7.65. The molecule has 0 aromatic carbocycles. The molecule has 1 aromatic heterocycles. The fourth-order valence-electron chi connectivity index (χ4n) is 2.35. The molecule has 0 unspecified atom stereocenters. The molecule has 1 aromatic rings. The van der Waals surface area contributed by atoms with Crippen LogP contribution in [0, 0.1) is 0 Å². The third-order valence-corrected chi connectivity index (χ3v) is 3.62. The molecule has 1 aliphatic rings. The second-order valence-corrected chi connectivity index (χ2v) is 6.75. The van der Waals surface area contributed by atoms with Crippen molar-refractivity contribution in [2.24, 2.45) is 0 Å². The lowest BCUT2D eigenvalue weighted by Crippen LogP contribution is -2.27. The monoisotopic (exact) mass is 304 g/mol. The highest BCUT2D eigenvalue weighted by Crippen LogP contribution is 2.25. The molecule has 22 heavy (non-hydrogen) atoms. The van der Waals surface area contributed by atoms with Gasteiger partial charge in [0.25, 0.3) is 0 Å². The summed E-state index contributed by atoms with van der Waals surface area (Å²) in [6, 6.07) is 0. The molecule has 0 fully saturated rings. The highest BCUT2D eigenvalue weighted by Gasteiger charge is 2.27. The number of hydrogen-bond acceptors (Lipinski definition) is 4. The second-order valence-electron chi connectivity index (χ2n) is 6.75. The first-order valence-corrected chi connectivity index (χ1v) is 7.65. The quantitative estimate of drug-likeness (QED) is 0.856. The van der Waals surface area contributed by atoms with Crippen molar-refractivity contribution in [3.8, 4) is 0 Å². The molecule has 0 radical (unpaired) electrons. The maximum atomic E-state index is 12.2. The van der Waals surface area contributed by atoms with Crippen LogP contribution in [0.3, 0.4) is 0 Å². The van der Waals surface area contributed by atoms with E-state index in [0.29, 0.717) is 32.5 Å². The number of nitrogens with one attached hydrogen (secondary N) is 1. The number of hydrogen-bond donors (Lipinski definition) is 1. The molecule has 6 nitrogen and oxygen atoms in total. The molecule has 0 spiro atoms. The Labute approximate surface area is 131 Å². The zero-order valence-electron chi connectivity index (χ0n) is 13.8. The summed E-state index contributed by atoms with van der Waals surface area (Å²) in [6.45, 7) is 9.39. The minimum Gasteiger partial charge on any atom is -0.356 e. The van der Waals surface area contributed by atoms with Crippen LogP contribution < -0.4 is 5.32 Å². The molecule has 0 bridgehead atoms. The molecule has 2 heterocycles. The normalized spacial score (nSPS) is 13.9. The minimum atomic E-state index is -0.0924. The van der Waals surface area contributed by atoms with Gasteiger partial charge in [0, 0.05) is 43.6 Å². The summed E-state index contributed by atoms with van der Waals surface area (Å²) in [5, 5.41) is 2.70. The van der Waals surface area contributed by atoms with Crippen molar-refractivity contribution < 1.29 is 9.59 Å². The van der Waals surface area contributed by atoms with E-state index in [4.69, 9.17) is 0 Å². The highest BCUT2D eigenvalue weighted by atomic mass is 16.2. The van der Waals surface area contributed by atoms with Gasteiger partial charge in [-0.1, -0.05) is 20.8 Å². The SMILES string of the molecule is CC(=O)NCCCC(=O)N1Cc2cnc(C(C)(C)C)nc2C1. The van der Waals surface area contributed by atoms with Gasteiger partial charge in [-0.15, -0.1) is 0 Å². The zero-order chi connectivity index (χ0) is 16.3. The van der Waals surface area contributed by atoms with Crippen LogP contribution in [0.2, 0.25) is 0 Å². The van der Waals surface area contributed by atoms with Crippen molar-refractivity contribution in [1.29, 1.82) is 0 Å². The Bertz CT molecular complexity index is 578. The lowest BCUT2D eigenvalue weighted by Gasteiger charge is -2.16. The van der Waals surface area contributed by atoms with Gasteiger partial charge >= 0.3 is 0 Å². The molecule has 0 atom stereocenters. The van der Waals surface area contributed by atoms with E-state index in [1.165, 1.54) is 6.92 Å². The van der Waals surface area contributed by atoms with Gasteiger partial charge in [-0.2, -0.15) is 0 Å². The fraction of sp³-hybridized carbons (Fsp3) is 0.625. The van der Waals surface area contributed by atoms with Crippen LogP contribution in [0.4, 0.5) is 0 Å². The highest BCUT2D eigenvalue weighted by molar-refractivity contribution is 5.77. The van der Waals surface area contributed by atoms with E-state index in [1.807, 2.05) is 6.20 Å². The van der Waals surface area contributed by atoms with Gasteiger partial charge in [-0.05, 0) is 6.42 Å². The fourth-order valence-corrected chi connectivity index (χ4v) is 2.35. The zero-order valence-corrected chi connectivity index (χ0v) is 13.8. The average Bonchev–Trinajstić information content (AvgIpc) is 2.85. The van der Waals surface area contributed by atoms with Crippen LogP contribution in [-0.2, 0) is 28.1 Å². The molecule has 0 aliphatic carbocycles. The van der Waals surface area contributed by atoms with Gasteiger partial charge in [0.05, 0.1) is 12.2 Å². The van der Waals surface area contributed by atoms with E-state index in [-0.39, 0.29) is 17.2 Å². The smallest absolute Gasteiger partial charge is 0.223 e. The average molecular weight is 304 g/mol. The van der Waals surface area contributed by atoms with E-state index >= 15 is 0 Å². The first kappa shape index (κ1) is 16.4. The number of rotatable bonds is 4. The Morgan fingerprint density at radius 3 is 2.68 bits per heavy atom. The molecule has 1 aliphatic heterocycles. The van der Waals surface area contributed by atoms with Gasteiger partial charge in [-0.25, -0.2) is 9.97 Å². The van der Waals surface area contributed by atoms with Crippen molar-refractivity contribution in [3.63, 3.8) is 0 Å². The van der Waals surface area contributed by atoms with Crippen LogP contribution in [0.5, 0.6) is 0 Å². The lowest BCUT2D eigenvalue weighted by atomic mass is 9.95. The Morgan fingerprint density at radius 2 is 2.05 bits per heavy atom. The summed E-state index contributed by atoms with van der Waals surface area (Å²) in [7, 11) is 0. The van der Waals surface area contributed by atoms with Crippen LogP contribution >= 0.6 is 0 Å². The van der Waals surface area contributed by atoms with Crippen molar-refractivity contribution >= 4 is 11.8 Å². The lowest BCUT2D eigenvalue weighted by molar-refractivity contribution is -0.132. The third-order valence-electron chi connectivity index (χ3n) is 3.62. The Morgan fingerprint density at radius 1 is 1.32 bits per heavy atom. The second kappa shape index (κ2) is 6.42.